The van der Waals surface area contributed by atoms with Crippen LogP contribution in [0, 0.1) is 11.8 Å². The van der Waals surface area contributed by atoms with E-state index in [1.54, 1.807) is 0 Å². The summed E-state index contributed by atoms with van der Waals surface area (Å²) in [6, 6.07) is 0.737. The Morgan fingerprint density at radius 1 is 1.06 bits per heavy atom. The Hall–Kier alpha value is -0.0800. The van der Waals surface area contributed by atoms with E-state index < -0.39 is 0 Å². The van der Waals surface area contributed by atoms with E-state index in [2.05, 4.69) is 26.2 Å². The maximum absolute atomic E-state index is 3.74. The molecule has 0 spiro atoms. The van der Waals surface area contributed by atoms with Crippen LogP contribution in [0.25, 0.3) is 0 Å². The number of hydrogen-bond donors (Lipinski definition) is 1. The monoisotopic (exact) mass is 253 g/mol. The van der Waals surface area contributed by atoms with Crippen LogP contribution in [-0.2, 0) is 0 Å². The lowest BCUT2D eigenvalue weighted by Crippen LogP contribution is -2.47. The van der Waals surface area contributed by atoms with Gasteiger partial charge in [0.15, 0.2) is 0 Å². The van der Waals surface area contributed by atoms with Gasteiger partial charge in [-0.15, -0.1) is 0 Å². The second-order valence-corrected chi connectivity index (χ2v) is 6.98. The molecule has 0 aromatic rings. The molecule has 2 unspecified atom stereocenters. The van der Waals surface area contributed by atoms with Gasteiger partial charge in [-0.05, 0) is 25.7 Å². The quantitative estimate of drug-likeness (QED) is 0.718. The first-order chi connectivity index (χ1) is 8.67. The summed E-state index contributed by atoms with van der Waals surface area (Å²) >= 11 is 0. The number of likely N-dealkylation sites (tertiary alicyclic amines) is 1. The van der Waals surface area contributed by atoms with Gasteiger partial charge in [0.25, 0.3) is 0 Å². The van der Waals surface area contributed by atoms with Gasteiger partial charge in [0, 0.05) is 24.4 Å². The third kappa shape index (κ3) is 3.48. The summed E-state index contributed by atoms with van der Waals surface area (Å²) in [5, 5.41) is 3.74. The van der Waals surface area contributed by atoms with Gasteiger partial charge in [0.1, 0.15) is 0 Å². The lowest BCUT2D eigenvalue weighted by molar-refractivity contribution is -0.899. The van der Waals surface area contributed by atoms with Gasteiger partial charge in [0.05, 0.1) is 26.7 Å². The predicted molar refractivity (Wildman–Crippen MR) is 78.6 cm³/mol. The maximum Gasteiger partial charge on any atom is 0.0911 e. The molecule has 0 aromatic carbocycles. The molecule has 1 aliphatic carbocycles. The molecule has 0 radical (unpaired) electrons. The zero-order valence-corrected chi connectivity index (χ0v) is 12.8. The van der Waals surface area contributed by atoms with Crippen molar-refractivity contribution in [2.75, 3.05) is 33.2 Å². The van der Waals surface area contributed by atoms with E-state index in [9.17, 15) is 0 Å². The summed E-state index contributed by atoms with van der Waals surface area (Å²) in [6.45, 7) is 10.0. The Balaban J connectivity index is 1.75. The average molecular weight is 253 g/mol. The van der Waals surface area contributed by atoms with Crippen LogP contribution in [0.15, 0.2) is 0 Å². The van der Waals surface area contributed by atoms with Crippen molar-refractivity contribution in [3.63, 3.8) is 0 Å². The Morgan fingerprint density at radius 2 is 1.61 bits per heavy atom. The van der Waals surface area contributed by atoms with Crippen LogP contribution >= 0.6 is 0 Å². The molecule has 1 N–H and O–H groups in total. The average Bonchev–Trinajstić information content (AvgIpc) is 2.71. The number of hydrogen-bond acceptors (Lipinski definition) is 1. The van der Waals surface area contributed by atoms with Crippen LogP contribution in [0.1, 0.15) is 52.4 Å². The predicted octanol–water partition coefficient (Wildman–Crippen LogP) is 3.03. The molecule has 0 bridgehead atoms. The minimum Gasteiger partial charge on any atom is -0.325 e. The van der Waals surface area contributed by atoms with Crippen molar-refractivity contribution in [2.45, 2.75) is 58.4 Å². The van der Waals surface area contributed by atoms with Crippen molar-refractivity contribution in [3.8, 4) is 0 Å². The Labute approximate surface area is 114 Å². The summed E-state index contributed by atoms with van der Waals surface area (Å²) in [7, 11) is 2.49. The first-order valence-corrected chi connectivity index (χ1v) is 8.24. The van der Waals surface area contributed by atoms with Crippen LogP contribution in [-0.4, -0.2) is 43.8 Å². The van der Waals surface area contributed by atoms with Gasteiger partial charge in [-0.1, -0.05) is 26.7 Å². The molecule has 2 atom stereocenters. The number of nitrogens with one attached hydrogen (secondary N) is 1. The van der Waals surface area contributed by atoms with E-state index in [1.807, 2.05) is 0 Å². The molecular weight excluding hydrogens is 220 g/mol. The van der Waals surface area contributed by atoms with Crippen LogP contribution < -0.4 is 5.32 Å². The van der Waals surface area contributed by atoms with Crippen LogP contribution in [0.3, 0.4) is 0 Å². The maximum atomic E-state index is 3.74. The van der Waals surface area contributed by atoms with Crippen LogP contribution in [0.4, 0.5) is 0 Å². The highest BCUT2D eigenvalue weighted by Gasteiger charge is 2.42. The normalized spacial score (nSPS) is 36.0. The van der Waals surface area contributed by atoms with Crippen LogP contribution in [0.5, 0.6) is 0 Å². The van der Waals surface area contributed by atoms with Crippen molar-refractivity contribution in [2.24, 2.45) is 11.8 Å². The number of quaternary nitrogens is 1. The molecule has 106 valence electrons. The summed E-state index contributed by atoms with van der Waals surface area (Å²) in [6.07, 6.45) is 8.55. The minimum absolute atomic E-state index is 0.737. The highest BCUT2D eigenvalue weighted by molar-refractivity contribution is 4.80. The second kappa shape index (κ2) is 6.38. The number of rotatable bonds is 6. The highest BCUT2D eigenvalue weighted by atomic mass is 15.4. The number of likely N-dealkylation sites (N-methyl/N-ethyl adjacent to an activating group) is 1. The third-order valence-corrected chi connectivity index (χ3v) is 5.49. The standard InChI is InChI=1S/C16H33N2/c1-4-16(5-2)17-10-11-18(3)12-14-8-6-7-9-15(14)13-18/h14-17H,4-13H2,1-3H3/q+1. The molecule has 1 saturated carbocycles. The largest absolute Gasteiger partial charge is 0.325 e. The molecule has 2 fully saturated rings. The molecule has 1 aliphatic heterocycles. The zero-order chi connectivity index (χ0) is 13.0. The molecule has 2 rings (SSSR count). The highest BCUT2D eigenvalue weighted by Crippen LogP contribution is 2.38. The van der Waals surface area contributed by atoms with Crippen molar-refractivity contribution >= 4 is 0 Å². The van der Waals surface area contributed by atoms with Gasteiger partial charge in [-0.25, -0.2) is 0 Å². The minimum atomic E-state index is 0.737. The van der Waals surface area contributed by atoms with E-state index in [0.29, 0.717) is 0 Å². The Kier molecular flexibility index (Phi) is 5.08. The zero-order valence-electron chi connectivity index (χ0n) is 12.8. The smallest absolute Gasteiger partial charge is 0.0911 e. The second-order valence-electron chi connectivity index (χ2n) is 6.98. The first-order valence-electron chi connectivity index (χ1n) is 8.24. The van der Waals surface area contributed by atoms with Gasteiger partial charge >= 0.3 is 0 Å². The third-order valence-electron chi connectivity index (χ3n) is 5.49. The molecule has 1 heterocycles. The number of nitrogens with zero attached hydrogens (tertiary/aromatic N) is 1. The lowest BCUT2D eigenvalue weighted by Gasteiger charge is -2.31. The van der Waals surface area contributed by atoms with Crippen molar-refractivity contribution in [1.82, 2.24) is 5.32 Å². The summed E-state index contributed by atoms with van der Waals surface area (Å²) in [4.78, 5) is 0. The topological polar surface area (TPSA) is 12.0 Å². The fourth-order valence-corrected chi connectivity index (χ4v) is 4.27. The SMILES string of the molecule is CCC(CC)NCC[N+]1(C)CC2CCCCC2C1. The van der Waals surface area contributed by atoms with Gasteiger partial charge in [-0.2, -0.15) is 0 Å². The summed E-state index contributed by atoms with van der Waals surface area (Å²) < 4.78 is 1.34. The van der Waals surface area contributed by atoms with E-state index in [0.717, 1.165) is 17.9 Å². The molecule has 0 amide bonds. The molecule has 2 nitrogen and oxygen atoms in total. The lowest BCUT2D eigenvalue weighted by atomic mass is 9.82. The van der Waals surface area contributed by atoms with E-state index in [-0.39, 0.29) is 0 Å². The first kappa shape index (κ1) is 14.3. The van der Waals surface area contributed by atoms with Gasteiger partial charge in [0.2, 0.25) is 0 Å². The van der Waals surface area contributed by atoms with Gasteiger partial charge < -0.3 is 9.80 Å². The molecule has 1 saturated heterocycles. The van der Waals surface area contributed by atoms with Crippen molar-refractivity contribution in [1.29, 1.82) is 0 Å². The molecule has 2 aliphatic rings. The molecule has 0 aromatic heterocycles. The van der Waals surface area contributed by atoms with E-state index in [1.165, 1.54) is 69.2 Å². The fourth-order valence-electron chi connectivity index (χ4n) is 4.27. The molecular formula is C16H33N2+. The van der Waals surface area contributed by atoms with Gasteiger partial charge in [-0.3, -0.25) is 0 Å². The number of fused-ring (bicyclic) bond motifs is 1. The molecule has 18 heavy (non-hydrogen) atoms. The Bertz CT molecular complexity index is 233. The fraction of sp³-hybridized carbons (Fsp3) is 1.00. The van der Waals surface area contributed by atoms with Crippen molar-refractivity contribution < 1.29 is 4.48 Å². The van der Waals surface area contributed by atoms with Crippen molar-refractivity contribution in [3.05, 3.63) is 0 Å². The Morgan fingerprint density at radius 3 is 2.11 bits per heavy atom. The summed E-state index contributed by atoms with van der Waals surface area (Å²) in [5.74, 6) is 2.11. The van der Waals surface area contributed by atoms with E-state index in [4.69, 9.17) is 0 Å². The van der Waals surface area contributed by atoms with E-state index >= 15 is 0 Å². The summed E-state index contributed by atoms with van der Waals surface area (Å²) in [5.41, 5.74) is 0. The molecule has 2 heteroatoms. The van der Waals surface area contributed by atoms with Crippen LogP contribution in [0.2, 0.25) is 0 Å².